The van der Waals surface area contributed by atoms with Crippen molar-refractivity contribution < 1.29 is 13.0 Å². The number of hydrogen-bond acceptors (Lipinski definition) is 2. The molecule has 0 fully saturated rings. The summed E-state index contributed by atoms with van der Waals surface area (Å²) in [7, 11) is -3.85. The quantitative estimate of drug-likeness (QED) is 0.630. The van der Waals surface area contributed by atoms with Crippen LogP contribution in [0.3, 0.4) is 0 Å². The molecule has 0 saturated carbocycles. The van der Waals surface area contributed by atoms with E-state index in [2.05, 4.69) is 0 Å². The molecule has 10 heavy (non-hydrogen) atoms. The Kier molecular flexibility index (Phi) is 3.60. The van der Waals surface area contributed by atoms with E-state index >= 15 is 0 Å². The van der Waals surface area contributed by atoms with E-state index in [0.29, 0.717) is 12.8 Å². The van der Waals surface area contributed by atoms with Gasteiger partial charge in [0.05, 0.1) is 5.25 Å². The summed E-state index contributed by atoms with van der Waals surface area (Å²) in [4.78, 5) is 0. The molecule has 0 saturated heterocycles. The smallest absolute Gasteiger partial charge is 0.267 e. The van der Waals surface area contributed by atoms with Gasteiger partial charge in [0.2, 0.25) is 0 Å². The van der Waals surface area contributed by atoms with Gasteiger partial charge >= 0.3 is 0 Å². The fourth-order valence-electron chi connectivity index (χ4n) is 0.480. The van der Waals surface area contributed by atoms with Crippen molar-refractivity contribution in [3.63, 3.8) is 0 Å². The van der Waals surface area contributed by atoms with E-state index in [1.54, 1.807) is 0 Å². The third kappa shape index (κ3) is 3.63. The van der Waals surface area contributed by atoms with Crippen molar-refractivity contribution in [2.45, 2.75) is 25.0 Å². The molecule has 1 unspecified atom stereocenters. The fraction of sp³-hybridized carbons (Fsp3) is 0.667. The van der Waals surface area contributed by atoms with Gasteiger partial charge in [0, 0.05) is 0 Å². The van der Waals surface area contributed by atoms with Gasteiger partial charge in [0.15, 0.2) is 0 Å². The number of allylic oxidation sites excluding steroid dienone is 1. The van der Waals surface area contributed by atoms with Gasteiger partial charge in [-0.05, 0) is 19.8 Å². The lowest BCUT2D eigenvalue weighted by molar-refractivity contribution is 0.466. The predicted molar refractivity (Wildman–Crippen MR) is 39.1 cm³/mol. The summed E-state index contributed by atoms with van der Waals surface area (Å²) in [6, 6.07) is 0. The Morgan fingerprint density at radius 2 is 2.20 bits per heavy atom. The van der Waals surface area contributed by atoms with Gasteiger partial charge in [-0.2, -0.15) is 8.42 Å². The molecule has 0 aliphatic heterocycles. The van der Waals surface area contributed by atoms with Crippen LogP contribution in [0.4, 0.5) is 0 Å². The molecule has 1 radical (unpaired) electrons. The molecule has 0 spiro atoms. The summed E-state index contributed by atoms with van der Waals surface area (Å²) >= 11 is 0. The molecular weight excluding hydrogens is 152 g/mol. The molecule has 0 aliphatic carbocycles. The third-order valence-corrected chi connectivity index (χ3v) is 2.50. The molecule has 0 aromatic rings. The first-order chi connectivity index (χ1) is 4.48. The Balaban J connectivity index is 3.86. The van der Waals surface area contributed by atoms with Crippen LogP contribution in [-0.4, -0.2) is 18.2 Å². The molecule has 59 valence electrons. The van der Waals surface area contributed by atoms with Crippen molar-refractivity contribution in [1.82, 2.24) is 0 Å². The van der Waals surface area contributed by atoms with Gasteiger partial charge in [-0.1, -0.05) is 12.7 Å². The largest absolute Gasteiger partial charge is 0.285 e. The Labute approximate surface area is 61.5 Å². The molecule has 1 atom stereocenters. The fourth-order valence-corrected chi connectivity index (χ4v) is 0.914. The summed E-state index contributed by atoms with van der Waals surface area (Å²) in [6.07, 6.45) is 2.25. The van der Waals surface area contributed by atoms with Crippen LogP contribution in [0, 0.1) is 6.58 Å². The van der Waals surface area contributed by atoms with E-state index in [4.69, 9.17) is 11.1 Å². The second-order valence-corrected chi connectivity index (χ2v) is 3.97. The van der Waals surface area contributed by atoms with Crippen LogP contribution in [0.15, 0.2) is 6.08 Å². The second-order valence-electron chi connectivity index (χ2n) is 2.14. The molecule has 0 rings (SSSR count). The highest BCUT2D eigenvalue weighted by Gasteiger charge is 2.15. The Hall–Kier alpha value is -0.350. The molecule has 0 bridgehead atoms. The Bertz CT molecular complexity index is 193. The first-order valence-corrected chi connectivity index (χ1v) is 4.48. The maximum absolute atomic E-state index is 10.3. The van der Waals surface area contributed by atoms with Gasteiger partial charge in [0.25, 0.3) is 10.1 Å². The Morgan fingerprint density at radius 3 is 2.50 bits per heavy atom. The third-order valence-electron chi connectivity index (χ3n) is 1.25. The normalized spacial score (nSPS) is 14.6. The highest BCUT2D eigenvalue weighted by Crippen LogP contribution is 2.05. The van der Waals surface area contributed by atoms with E-state index in [-0.39, 0.29) is 0 Å². The first-order valence-electron chi connectivity index (χ1n) is 2.98. The van der Waals surface area contributed by atoms with E-state index in [9.17, 15) is 8.42 Å². The molecule has 0 heterocycles. The van der Waals surface area contributed by atoms with Crippen molar-refractivity contribution in [1.29, 1.82) is 0 Å². The maximum atomic E-state index is 10.3. The SMILES string of the molecule is [CH]=CCCC(C)S(=O)(=O)O. The number of rotatable bonds is 4. The van der Waals surface area contributed by atoms with Crippen molar-refractivity contribution in [3.8, 4) is 0 Å². The second kappa shape index (κ2) is 3.73. The minimum Gasteiger partial charge on any atom is -0.285 e. The molecular formula is C6H11O3S. The predicted octanol–water partition coefficient (Wildman–Crippen LogP) is 1.03. The average Bonchev–Trinajstić information content (AvgIpc) is 1.80. The summed E-state index contributed by atoms with van der Waals surface area (Å²) in [5.41, 5.74) is 0. The van der Waals surface area contributed by atoms with Crippen LogP contribution in [0.25, 0.3) is 0 Å². The van der Waals surface area contributed by atoms with E-state index in [1.165, 1.54) is 13.0 Å². The molecule has 4 heteroatoms. The topological polar surface area (TPSA) is 54.4 Å². The van der Waals surface area contributed by atoms with Crippen molar-refractivity contribution in [2.24, 2.45) is 0 Å². The summed E-state index contributed by atoms with van der Waals surface area (Å²) in [6.45, 7) is 6.46. The molecule has 0 aromatic carbocycles. The molecule has 1 N–H and O–H groups in total. The molecule has 3 nitrogen and oxygen atoms in total. The first kappa shape index (κ1) is 9.65. The van der Waals surface area contributed by atoms with Crippen LogP contribution in [-0.2, 0) is 10.1 Å². The lowest BCUT2D eigenvalue weighted by Crippen LogP contribution is -2.15. The van der Waals surface area contributed by atoms with Gasteiger partial charge in [-0.25, -0.2) is 0 Å². The van der Waals surface area contributed by atoms with Crippen LogP contribution in [0.5, 0.6) is 0 Å². The zero-order valence-electron chi connectivity index (χ0n) is 5.82. The lowest BCUT2D eigenvalue weighted by atomic mass is 10.2. The Morgan fingerprint density at radius 1 is 1.70 bits per heavy atom. The van der Waals surface area contributed by atoms with Crippen LogP contribution >= 0.6 is 0 Å². The van der Waals surface area contributed by atoms with Gasteiger partial charge in [-0.3, -0.25) is 4.55 Å². The van der Waals surface area contributed by atoms with E-state index in [1.807, 2.05) is 0 Å². The maximum Gasteiger partial charge on any atom is 0.267 e. The van der Waals surface area contributed by atoms with Crippen LogP contribution in [0.2, 0.25) is 0 Å². The minimum absolute atomic E-state index is 0.370. The zero-order valence-corrected chi connectivity index (χ0v) is 6.63. The monoisotopic (exact) mass is 163 g/mol. The molecule has 0 aliphatic rings. The van der Waals surface area contributed by atoms with Gasteiger partial charge < -0.3 is 0 Å². The highest BCUT2D eigenvalue weighted by atomic mass is 32.2. The highest BCUT2D eigenvalue weighted by molar-refractivity contribution is 7.86. The molecule has 0 aromatic heterocycles. The van der Waals surface area contributed by atoms with Gasteiger partial charge in [-0.15, -0.1) is 0 Å². The lowest BCUT2D eigenvalue weighted by Gasteiger charge is -2.03. The number of hydrogen-bond donors (Lipinski definition) is 1. The summed E-state index contributed by atoms with van der Waals surface area (Å²) < 4.78 is 29.1. The minimum atomic E-state index is -3.85. The van der Waals surface area contributed by atoms with Gasteiger partial charge in [0.1, 0.15) is 0 Å². The van der Waals surface area contributed by atoms with Crippen LogP contribution in [0.1, 0.15) is 19.8 Å². The standard InChI is InChI=1S/C6H11O3S/c1-3-4-5-6(2)10(7,8)9/h1,3,6H,4-5H2,2H3,(H,7,8,9). The van der Waals surface area contributed by atoms with E-state index < -0.39 is 15.4 Å². The van der Waals surface area contributed by atoms with Crippen molar-refractivity contribution in [3.05, 3.63) is 12.7 Å². The summed E-state index contributed by atoms with van der Waals surface area (Å²) in [5, 5.41) is -0.715. The summed E-state index contributed by atoms with van der Waals surface area (Å²) in [5.74, 6) is 0. The average molecular weight is 163 g/mol. The molecule has 0 amide bonds. The van der Waals surface area contributed by atoms with E-state index in [0.717, 1.165) is 0 Å². The van der Waals surface area contributed by atoms with Crippen molar-refractivity contribution in [2.75, 3.05) is 0 Å². The zero-order chi connectivity index (χ0) is 8.20. The van der Waals surface area contributed by atoms with Crippen LogP contribution < -0.4 is 0 Å². The van der Waals surface area contributed by atoms with Crippen molar-refractivity contribution >= 4 is 10.1 Å².